The van der Waals surface area contributed by atoms with Crippen LogP contribution in [0, 0.1) is 17.1 Å². The van der Waals surface area contributed by atoms with E-state index in [2.05, 4.69) is 0 Å². The van der Waals surface area contributed by atoms with Crippen LogP contribution in [0.3, 0.4) is 0 Å². The van der Waals surface area contributed by atoms with Crippen molar-refractivity contribution in [2.24, 2.45) is 0 Å². The molecule has 2 nitrogen and oxygen atoms in total. The average Bonchev–Trinajstić information content (AvgIpc) is 2.62. The average molecular weight is 205 g/mol. The van der Waals surface area contributed by atoms with E-state index in [9.17, 15) is 9.18 Å². The fourth-order valence-corrected chi connectivity index (χ4v) is 2.15. The van der Waals surface area contributed by atoms with E-state index in [-0.39, 0.29) is 5.56 Å². The summed E-state index contributed by atoms with van der Waals surface area (Å²) in [5.74, 6) is -0.539. The van der Waals surface area contributed by atoms with Crippen LogP contribution in [0.2, 0.25) is 0 Å². The van der Waals surface area contributed by atoms with Crippen molar-refractivity contribution in [1.82, 2.24) is 0 Å². The molecule has 0 radical (unpaired) electrons. The van der Waals surface area contributed by atoms with Crippen LogP contribution < -0.4 is 0 Å². The quantitative estimate of drug-likeness (QED) is 0.671. The highest BCUT2D eigenvalue weighted by atomic mass is 32.1. The molecule has 0 aliphatic carbocycles. The van der Waals surface area contributed by atoms with Crippen molar-refractivity contribution in [1.29, 1.82) is 5.26 Å². The van der Waals surface area contributed by atoms with Gasteiger partial charge in [0.2, 0.25) is 0 Å². The van der Waals surface area contributed by atoms with E-state index in [4.69, 9.17) is 5.26 Å². The van der Waals surface area contributed by atoms with Crippen LogP contribution in [0.25, 0.3) is 10.1 Å². The van der Waals surface area contributed by atoms with Crippen LogP contribution in [-0.4, -0.2) is 6.29 Å². The number of halogens is 1. The van der Waals surface area contributed by atoms with Gasteiger partial charge in [-0.15, -0.1) is 11.3 Å². The van der Waals surface area contributed by atoms with Gasteiger partial charge in [-0.2, -0.15) is 5.26 Å². The first-order valence-corrected chi connectivity index (χ1v) is 4.65. The third-order valence-corrected chi connectivity index (χ3v) is 2.95. The van der Waals surface area contributed by atoms with Crippen molar-refractivity contribution < 1.29 is 9.18 Å². The van der Waals surface area contributed by atoms with Gasteiger partial charge < -0.3 is 0 Å². The Morgan fingerprint density at radius 2 is 2.29 bits per heavy atom. The summed E-state index contributed by atoms with van der Waals surface area (Å²) in [5.41, 5.74) is 0.0109. The summed E-state index contributed by atoms with van der Waals surface area (Å²) in [4.78, 5) is 10.9. The Hall–Kier alpha value is -1.73. The zero-order chi connectivity index (χ0) is 10.1. The van der Waals surface area contributed by atoms with Crippen molar-refractivity contribution in [3.63, 3.8) is 0 Å². The number of rotatable bonds is 1. The zero-order valence-electron chi connectivity index (χ0n) is 6.95. The molecule has 2 aromatic rings. The van der Waals surface area contributed by atoms with Gasteiger partial charge in [0, 0.05) is 0 Å². The summed E-state index contributed by atoms with van der Waals surface area (Å²) in [6, 6.07) is 6.42. The Morgan fingerprint density at radius 3 is 2.93 bits per heavy atom. The second kappa shape index (κ2) is 3.20. The minimum absolute atomic E-state index is 0.0109. The molecule has 68 valence electrons. The number of hydrogen-bond donors (Lipinski definition) is 0. The molecule has 0 amide bonds. The maximum Gasteiger partial charge on any atom is 0.160 e. The normalized spacial score (nSPS) is 10.0. The van der Waals surface area contributed by atoms with Crippen LogP contribution in [0.4, 0.5) is 4.39 Å². The number of benzene rings is 1. The number of carbonyl (C=O) groups is 1. The molecule has 0 aliphatic rings. The second-order valence-corrected chi connectivity index (χ2v) is 3.81. The van der Waals surface area contributed by atoms with Crippen LogP contribution in [0.1, 0.15) is 15.2 Å². The van der Waals surface area contributed by atoms with Gasteiger partial charge in [-0.25, -0.2) is 4.39 Å². The minimum atomic E-state index is -0.539. The highest BCUT2D eigenvalue weighted by molar-refractivity contribution is 7.20. The first-order valence-electron chi connectivity index (χ1n) is 3.83. The van der Waals surface area contributed by atoms with E-state index in [0.29, 0.717) is 21.2 Å². The first-order chi connectivity index (χ1) is 6.76. The Labute approximate surface area is 83.2 Å². The molecule has 1 aromatic carbocycles. The van der Waals surface area contributed by atoms with Gasteiger partial charge in [-0.3, -0.25) is 4.79 Å². The third-order valence-electron chi connectivity index (χ3n) is 1.88. The molecular weight excluding hydrogens is 201 g/mol. The summed E-state index contributed by atoms with van der Waals surface area (Å²) < 4.78 is 13.9. The Balaban J connectivity index is 2.83. The lowest BCUT2D eigenvalue weighted by Gasteiger charge is -1.93. The highest BCUT2D eigenvalue weighted by Crippen LogP contribution is 2.28. The summed E-state index contributed by atoms with van der Waals surface area (Å²) >= 11 is 1.06. The predicted octanol–water partition coefficient (Wildman–Crippen LogP) is 2.72. The lowest BCUT2D eigenvalue weighted by atomic mass is 10.2. The molecule has 1 heterocycles. The molecule has 4 heteroatoms. The lowest BCUT2D eigenvalue weighted by Crippen LogP contribution is -1.81. The summed E-state index contributed by atoms with van der Waals surface area (Å²) in [7, 11) is 0. The van der Waals surface area contributed by atoms with Crippen molar-refractivity contribution in [3.05, 3.63) is 34.5 Å². The number of nitrogens with zero attached hydrogens (tertiary/aromatic N) is 1. The number of nitriles is 1. The number of fused-ring (bicyclic) bond motifs is 1. The molecule has 0 atom stereocenters. The van der Waals surface area contributed by atoms with Crippen molar-refractivity contribution >= 4 is 27.7 Å². The van der Waals surface area contributed by atoms with E-state index in [1.54, 1.807) is 18.2 Å². The Morgan fingerprint density at radius 1 is 1.50 bits per heavy atom. The molecule has 1 aromatic heterocycles. The molecule has 2 rings (SSSR count). The molecule has 0 aliphatic heterocycles. The van der Waals surface area contributed by atoms with Gasteiger partial charge >= 0.3 is 0 Å². The van der Waals surface area contributed by atoms with Gasteiger partial charge in [0.1, 0.15) is 6.07 Å². The van der Waals surface area contributed by atoms with Gasteiger partial charge in [0.25, 0.3) is 0 Å². The van der Waals surface area contributed by atoms with Gasteiger partial charge in [0.15, 0.2) is 12.1 Å². The van der Waals surface area contributed by atoms with E-state index in [1.807, 2.05) is 0 Å². The van der Waals surface area contributed by atoms with E-state index in [0.717, 1.165) is 11.3 Å². The van der Waals surface area contributed by atoms with Crippen molar-refractivity contribution in [2.45, 2.75) is 0 Å². The summed E-state index contributed by atoms with van der Waals surface area (Å²) in [6.07, 6.45) is 0.677. The van der Waals surface area contributed by atoms with Crippen molar-refractivity contribution in [2.75, 3.05) is 0 Å². The third kappa shape index (κ3) is 1.19. The number of thiophene rings is 1. The smallest absolute Gasteiger partial charge is 0.160 e. The number of carbonyl (C=O) groups excluding carboxylic acids is 1. The molecule has 0 spiro atoms. The largest absolute Gasteiger partial charge is 0.297 e. The van der Waals surface area contributed by atoms with Crippen LogP contribution in [-0.2, 0) is 0 Å². The fourth-order valence-electron chi connectivity index (χ4n) is 1.23. The molecule has 0 fully saturated rings. The SMILES string of the molecule is N#Cc1ccc2cc(C=O)sc2c1F. The van der Waals surface area contributed by atoms with Crippen molar-refractivity contribution in [3.8, 4) is 6.07 Å². The molecule has 0 N–H and O–H groups in total. The molecule has 0 bridgehead atoms. The van der Waals surface area contributed by atoms with E-state index in [1.165, 1.54) is 6.07 Å². The van der Waals surface area contributed by atoms with Gasteiger partial charge in [-0.05, 0) is 17.5 Å². The second-order valence-electron chi connectivity index (χ2n) is 2.72. The number of hydrogen-bond acceptors (Lipinski definition) is 3. The van der Waals surface area contributed by atoms with Crippen LogP contribution in [0.15, 0.2) is 18.2 Å². The van der Waals surface area contributed by atoms with Gasteiger partial charge in [0.05, 0.1) is 15.1 Å². The number of aldehydes is 1. The standard InChI is InChI=1S/C10H4FNOS/c11-9-7(4-12)2-1-6-3-8(5-13)14-10(6)9/h1-3,5H. The monoisotopic (exact) mass is 205 g/mol. The Kier molecular flexibility index (Phi) is 2.02. The lowest BCUT2D eigenvalue weighted by molar-refractivity contribution is 0.112. The van der Waals surface area contributed by atoms with Crippen LogP contribution >= 0.6 is 11.3 Å². The maximum absolute atomic E-state index is 13.5. The first kappa shape index (κ1) is 8.85. The Bertz CT molecular complexity index is 553. The minimum Gasteiger partial charge on any atom is -0.297 e. The fraction of sp³-hybridized carbons (Fsp3) is 0. The van der Waals surface area contributed by atoms with E-state index < -0.39 is 5.82 Å². The maximum atomic E-state index is 13.5. The summed E-state index contributed by atoms with van der Waals surface area (Å²) in [6.45, 7) is 0. The molecular formula is C10H4FNOS. The predicted molar refractivity (Wildman–Crippen MR) is 51.9 cm³/mol. The van der Waals surface area contributed by atoms with Crippen LogP contribution in [0.5, 0.6) is 0 Å². The molecule has 0 saturated carbocycles. The molecule has 14 heavy (non-hydrogen) atoms. The molecule has 0 saturated heterocycles. The van der Waals surface area contributed by atoms with Gasteiger partial charge in [-0.1, -0.05) is 6.07 Å². The molecule has 0 unspecified atom stereocenters. The topological polar surface area (TPSA) is 40.9 Å². The van der Waals surface area contributed by atoms with E-state index >= 15 is 0 Å². The summed E-state index contributed by atoms with van der Waals surface area (Å²) in [5, 5.41) is 9.25. The highest BCUT2D eigenvalue weighted by Gasteiger charge is 2.09. The zero-order valence-corrected chi connectivity index (χ0v) is 7.77.